The zero-order chi connectivity index (χ0) is 9.14. The smallest absolute Gasteiger partial charge is 0.309 e. The van der Waals surface area contributed by atoms with Gasteiger partial charge in [0.15, 0.2) is 5.15 Å². The highest BCUT2D eigenvalue weighted by atomic mass is 35.5. The normalized spacial score (nSPS) is 9.83. The third-order valence-electron chi connectivity index (χ3n) is 1.09. The average molecular weight is 207 g/mol. The van der Waals surface area contributed by atoms with Crippen LogP contribution in [0, 0.1) is 0 Å². The Kier molecular flexibility index (Phi) is 2.83. The van der Waals surface area contributed by atoms with Gasteiger partial charge in [0.05, 0.1) is 18.3 Å². The standard InChI is InChI=1S/C6H4Cl2N2O2/c7-4-2-9-3(1-5(11)12)6(8)10-4/h2H,1H2,(H,11,12). The molecule has 6 heteroatoms. The van der Waals surface area contributed by atoms with Crippen LogP contribution in [0.1, 0.15) is 5.69 Å². The molecule has 1 aromatic heterocycles. The molecule has 0 bridgehead atoms. The van der Waals surface area contributed by atoms with Crippen molar-refractivity contribution in [2.75, 3.05) is 0 Å². The van der Waals surface area contributed by atoms with Crippen LogP contribution < -0.4 is 0 Å². The molecular formula is C6H4Cl2N2O2. The van der Waals surface area contributed by atoms with E-state index in [4.69, 9.17) is 28.3 Å². The monoisotopic (exact) mass is 206 g/mol. The molecule has 0 saturated heterocycles. The molecule has 0 unspecified atom stereocenters. The lowest BCUT2D eigenvalue weighted by atomic mass is 10.3. The van der Waals surface area contributed by atoms with E-state index in [-0.39, 0.29) is 22.4 Å². The number of carboxylic acids is 1. The largest absolute Gasteiger partial charge is 0.481 e. The first-order chi connectivity index (χ1) is 5.59. The quantitative estimate of drug-likeness (QED) is 0.796. The summed E-state index contributed by atoms with van der Waals surface area (Å²) in [4.78, 5) is 17.6. The van der Waals surface area contributed by atoms with Crippen molar-refractivity contribution in [3.05, 3.63) is 22.2 Å². The SMILES string of the molecule is O=C(O)Cc1ncc(Cl)nc1Cl. The van der Waals surface area contributed by atoms with E-state index < -0.39 is 5.97 Å². The zero-order valence-electron chi connectivity index (χ0n) is 5.79. The Morgan fingerprint density at radius 3 is 2.75 bits per heavy atom. The van der Waals surface area contributed by atoms with Crippen molar-refractivity contribution in [1.29, 1.82) is 0 Å². The van der Waals surface area contributed by atoms with Crippen molar-refractivity contribution in [2.45, 2.75) is 6.42 Å². The molecule has 64 valence electrons. The average Bonchev–Trinajstić information content (AvgIpc) is 1.94. The van der Waals surface area contributed by atoms with Crippen LogP contribution in [-0.2, 0) is 11.2 Å². The van der Waals surface area contributed by atoms with Gasteiger partial charge in [-0.2, -0.15) is 0 Å². The Labute approximate surface area is 78.2 Å². The van der Waals surface area contributed by atoms with Crippen molar-refractivity contribution in [2.24, 2.45) is 0 Å². The van der Waals surface area contributed by atoms with Crippen molar-refractivity contribution in [3.8, 4) is 0 Å². The first kappa shape index (κ1) is 9.22. The molecule has 0 radical (unpaired) electrons. The summed E-state index contributed by atoms with van der Waals surface area (Å²) >= 11 is 11.0. The molecule has 0 aliphatic carbocycles. The zero-order valence-corrected chi connectivity index (χ0v) is 7.30. The Hall–Kier alpha value is -0.870. The molecule has 1 aromatic rings. The van der Waals surface area contributed by atoms with Crippen LogP contribution in [0.4, 0.5) is 0 Å². The van der Waals surface area contributed by atoms with Gasteiger partial charge in [0.1, 0.15) is 5.15 Å². The van der Waals surface area contributed by atoms with Gasteiger partial charge >= 0.3 is 5.97 Å². The fourth-order valence-electron chi connectivity index (χ4n) is 0.633. The van der Waals surface area contributed by atoms with Crippen LogP contribution in [0.15, 0.2) is 6.20 Å². The van der Waals surface area contributed by atoms with E-state index in [9.17, 15) is 4.79 Å². The van der Waals surface area contributed by atoms with Gasteiger partial charge in [0, 0.05) is 0 Å². The number of hydrogen-bond acceptors (Lipinski definition) is 3. The fourth-order valence-corrected chi connectivity index (χ4v) is 1.02. The van der Waals surface area contributed by atoms with Crippen LogP contribution >= 0.6 is 23.2 Å². The first-order valence-electron chi connectivity index (χ1n) is 2.98. The maximum absolute atomic E-state index is 10.2. The van der Waals surface area contributed by atoms with Gasteiger partial charge in [-0.1, -0.05) is 23.2 Å². The van der Waals surface area contributed by atoms with Crippen molar-refractivity contribution < 1.29 is 9.90 Å². The number of halogens is 2. The maximum atomic E-state index is 10.2. The second-order valence-corrected chi connectivity index (χ2v) is 2.75. The number of rotatable bonds is 2. The van der Waals surface area contributed by atoms with Gasteiger partial charge in [-0.15, -0.1) is 0 Å². The highest BCUT2D eigenvalue weighted by Gasteiger charge is 2.08. The Balaban J connectivity index is 2.93. The number of carboxylic acid groups (broad SMARTS) is 1. The molecule has 0 aliphatic rings. The van der Waals surface area contributed by atoms with Gasteiger partial charge in [0.25, 0.3) is 0 Å². The third-order valence-corrected chi connectivity index (χ3v) is 1.57. The van der Waals surface area contributed by atoms with Crippen LogP contribution in [0.3, 0.4) is 0 Å². The fraction of sp³-hybridized carbons (Fsp3) is 0.167. The number of hydrogen-bond donors (Lipinski definition) is 1. The summed E-state index contributed by atoms with van der Waals surface area (Å²) < 4.78 is 0. The van der Waals surface area contributed by atoms with Crippen LogP contribution in [0.2, 0.25) is 10.3 Å². The van der Waals surface area contributed by atoms with E-state index in [0.29, 0.717) is 0 Å². The molecule has 0 amide bonds. The highest BCUT2D eigenvalue weighted by Crippen LogP contribution is 2.13. The van der Waals surface area contributed by atoms with E-state index in [1.165, 1.54) is 6.20 Å². The Morgan fingerprint density at radius 2 is 2.25 bits per heavy atom. The number of carbonyl (C=O) groups is 1. The number of aromatic nitrogens is 2. The highest BCUT2D eigenvalue weighted by molar-refractivity contribution is 6.32. The molecule has 1 heterocycles. The van der Waals surface area contributed by atoms with E-state index in [0.717, 1.165) is 0 Å². The second kappa shape index (κ2) is 3.69. The van der Waals surface area contributed by atoms with E-state index in [1.54, 1.807) is 0 Å². The Bertz CT molecular complexity index is 316. The molecule has 1 N–H and O–H groups in total. The summed E-state index contributed by atoms with van der Waals surface area (Å²) in [5, 5.41) is 8.58. The van der Waals surface area contributed by atoms with Gasteiger partial charge in [-0.3, -0.25) is 9.78 Å². The lowest BCUT2D eigenvalue weighted by Crippen LogP contribution is -2.03. The number of nitrogens with zero attached hydrogens (tertiary/aromatic N) is 2. The molecule has 4 nitrogen and oxygen atoms in total. The van der Waals surface area contributed by atoms with Gasteiger partial charge in [0.2, 0.25) is 0 Å². The van der Waals surface area contributed by atoms with Crippen LogP contribution in [0.5, 0.6) is 0 Å². The first-order valence-corrected chi connectivity index (χ1v) is 3.74. The molecule has 0 aliphatic heterocycles. The summed E-state index contributed by atoms with van der Waals surface area (Å²) in [7, 11) is 0. The Morgan fingerprint density at radius 1 is 1.58 bits per heavy atom. The van der Waals surface area contributed by atoms with Crippen LogP contribution in [-0.4, -0.2) is 21.0 Å². The molecule has 0 aromatic carbocycles. The predicted octanol–water partition coefficient (Wildman–Crippen LogP) is 1.41. The van der Waals surface area contributed by atoms with Gasteiger partial charge in [-0.05, 0) is 0 Å². The van der Waals surface area contributed by atoms with E-state index in [2.05, 4.69) is 9.97 Å². The van der Waals surface area contributed by atoms with Gasteiger partial charge in [-0.25, -0.2) is 4.98 Å². The third kappa shape index (κ3) is 2.32. The lowest BCUT2D eigenvalue weighted by molar-refractivity contribution is -0.136. The van der Waals surface area contributed by atoms with E-state index in [1.807, 2.05) is 0 Å². The molecule has 0 spiro atoms. The van der Waals surface area contributed by atoms with E-state index >= 15 is 0 Å². The van der Waals surface area contributed by atoms with Crippen LogP contribution in [0.25, 0.3) is 0 Å². The molecule has 12 heavy (non-hydrogen) atoms. The van der Waals surface area contributed by atoms with Crippen molar-refractivity contribution in [3.63, 3.8) is 0 Å². The molecule has 0 atom stereocenters. The molecule has 0 saturated carbocycles. The van der Waals surface area contributed by atoms with Crippen molar-refractivity contribution >= 4 is 29.2 Å². The maximum Gasteiger partial charge on any atom is 0.309 e. The lowest BCUT2D eigenvalue weighted by Gasteiger charge is -1.97. The molecule has 1 rings (SSSR count). The van der Waals surface area contributed by atoms with Gasteiger partial charge < -0.3 is 5.11 Å². The topological polar surface area (TPSA) is 63.1 Å². The molecular weight excluding hydrogens is 203 g/mol. The minimum Gasteiger partial charge on any atom is -0.481 e. The second-order valence-electron chi connectivity index (χ2n) is 2.00. The van der Waals surface area contributed by atoms with Crippen molar-refractivity contribution in [1.82, 2.24) is 9.97 Å². The minimum absolute atomic E-state index is 0.0323. The summed E-state index contributed by atoms with van der Waals surface area (Å²) in [5.41, 5.74) is 0.216. The summed E-state index contributed by atoms with van der Waals surface area (Å²) in [6.45, 7) is 0. The molecule has 0 fully saturated rings. The number of aliphatic carboxylic acids is 1. The minimum atomic E-state index is -1.01. The summed E-state index contributed by atoms with van der Waals surface area (Å²) in [6.07, 6.45) is 1.01. The predicted molar refractivity (Wildman–Crippen MR) is 43.4 cm³/mol. The summed E-state index contributed by atoms with van der Waals surface area (Å²) in [5.74, 6) is -1.01. The summed E-state index contributed by atoms with van der Waals surface area (Å²) in [6, 6.07) is 0.